The summed E-state index contributed by atoms with van der Waals surface area (Å²) < 4.78 is 0. The van der Waals surface area contributed by atoms with E-state index in [1.54, 1.807) is 22.3 Å². The van der Waals surface area contributed by atoms with Gasteiger partial charge < -0.3 is 0 Å². The fourth-order valence-electron chi connectivity index (χ4n) is 4.49. The Bertz CT molecular complexity index is 586. The Morgan fingerprint density at radius 2 is 1.00 bits per heavy atom. The smallest absolute Gasteiger partial charge is 0.0276 e. The number of hydrogen-bond acceptors (Lipinski definition) is 0. The van der Waals surface area contributed by atoms with Crippen molar-refractivity contribution in [2.75, 3.05) is 0 Å². The molecular formula is C26H42. The van der Waals surface area contributed by atoms with Crippen molar-refractivity contribution in [1.29, 1.82) is 0 Å². The zero-order valence-electron chi connectivity index (χ0n) is 18.1. The summed E-state index contributed by atoms with van der Waals surface area (Å²) in [5, 5.41) is 0. The zero-order chi connectivity index (χ0) is 18.6. The lowest BCUT2D eigenvalue weighted by Crippen LogP contribution is -2.00. The molecule has 0 amide bonds. The molecule has 0 nitrogen and oxygen atoms in total. The van der Waals surface area contributed by atoms with Crippen LogP contribution >= 0.6 is 0 Å². The molecule has 0 atom stereocenters. The molecule has 2 fully saturated rings. The number of benzene rings is 1. The summed E-state index contributed by atoms with van der Waals surface area (Å²) in [6.45, 7) is 9.64. The van der Waals surface area contributed by atoms with Crippen molar-refractivity contribution in [2.24, 2.45) is 10.8 Å². The molecule has 26 heavy (non-hydrogen) atoms. The second kappa shape index (κ2) is 8.49. The number of rotatable bonds is 12. The van der Waals surface area contributed by atoms with Gasteiger partial charge in [0, 0.05) is 0 Å². The first-order valence-electron chi connectivity index (χ1n) is 11.5. The van der Waals surface area contributed by atoms with Crippen LogP contribution in [0, 0.1) is 24.7 Å². The molecule has 0 spiro atoms. The van der Waals surface area contributed by atoms with Gasteiger partial charge in [0.2, 0.25) is 0 Å². The molecular weight excluding hydrogens is 312 g/mol. The van der Waals surface area contributed by atoms with Crippen molar-refractivity contribution < 1.29 is 0 Å². The summed E-state index contributed by atoms with van der Waals surface area (Å²) in [5.41, 5.74) is 7.82. The van der Waals surface area contributed by atoms with Gasteiger partial charge in [-0.2, -0.15) is 0 Å². The van der Waals surface area contributed by atoms with Crippen molar-refractivity contribution in [3.8, 4) is 0 Å². The zero-order valence-corrected chi connectivity index (χ0v) is 18.1. The summed E-state index contributed by atoms with van der Waals surface area (Å²) in [4.78, 5) is 0. The van der Waals surface area contributed by atoms with Crippen molar-refractivity contribution in [2.45, 2.75) is 118 Å². The molecule has 0 radical (unpaired) electrons. The highest BCUT2D eigenvalue weighted by Gasteiger charge is 2.36. The maximum Gasteiger partial charge on any atom is -0.0276 e. The van der Waals surface area contributed by atoms with E-state index in [0.717, 1.165) is 10.8 Å². The number of unbranched alkanes of at least 4 members (excludes halogenated alkanes) is 4. The van der Waals surface area contributed by atoms with Crippen LogP contribution in [0.4, 0.5) is 0 Å². The molecule has 2 aliphatic carbocycles. The lowest BCUT2D eigenvalue weighted by Gasteiger charge is -2.14. The molecule has 0 heterocycles. The van der Waals surface area contributed by atoms with E-state index in [4.69, 9.17) is 0 Å². The fourth-order valence-corrected chi connectivity index (χ4v) is 4.49. The first-order chi connectivity index (χ1) is 12.4. The number of hydrogen-bond donors (Lipinski definition) is 0. The average Bonchev–Trinajstić information content (AvgIpc) is 3.53. The second-order valence-electron chi connectivity index (χ2n) is 10.4. The van der Waals surface area contributed by atoms with Gasteiger partial charge in [-0.25, -0.2) is 0 Å². The Morgan fingerprint density at radius 1 is 0.615 bits per heavy atom. The first-order valence-corrected chi connectivity index (χ1v) is 11.5. The Hall–Kier alpha value is -0.780. The van der Waals surface area contributed by atoms with E-state index in [0.29, 0.717) is 0 Å². The lowest BCUT2D eigenvalue weighted by atomic mass is 9.91. The normalized spacial score (nSPS) is 19.5. The van der Waals surface area contributed by atoms with Gasteiger partial charge in [0.05, 0.1) is 0 Å². The van der Waals surface area contributed by atoms with Crippen LogP contribution in [0.5, 0.6) is 0 Å². The average molecular weight is 355 g/mol. The van der Waals surface area contributed by atoms with Gasteiger partial charge in [0.1, 0.15) is 0 Å². The molecule has 146 valence electrons. The minimum Gasteiger partial charge on any atom is -0.0596 e. The highest BCUT2D eigenvalue weighted by atomic mass is 14.4. The molecule has 1 aromatic carbocycles. The summed E-state index contributed by atoms with van der Waals surface area (Å²) >= 11 is 0. The van der Waals surface area contributed by atoms with Crippen molar-refractivity contribution in [1.82, 2.24) is 0 Å². The van der Waals surface area contributed by atoms with E-state index in [2.05, 4.69) is 39.8 Å². The maximum absolute atomic E-state index is 2.47. The molecule has 1 aromatic rings. The quantitative estimate of drug-likeness (QED) is 0.332. The van der Waals surface area contributed by atoms with Gasteiger partial charge in [-0.3, -0.25) is 0 Å². The van der Waals surface area contributed by atoms with Gasteiger partial charge in [0.25, 0.3) is 0 Å². The second-order valence-corrected chi connectivity index (χ2v) is 10.4. The third-order valence-corrected chi connectivity index (χ3v) is 7.67. The monoisotopic (exact) mass is 354 g/mol. The van der Waals surface area contributed by atoms with Crippen LogP contribution in [0.15, 0.2) is 12.1 Å². The van der Waals surface area contributed by atoms with Gasteiger partial charge in [0.15, 0.2) is 0 Å². The highest BCUT2D eigenvalue weighted by Crippen LogP contribution is 2.49. The highest BCUT2D eigenvalue weighted by molar-refractivity contribution is 5.39. The largest absolute Gasteiger partial charge is 0.0596 e. The molecule has 3 rings (SSSR count). The van der Waals surface area contributed by atoms with E-state index in [9.17, 15) is 0 Å². The third-order valence-electron chi connectivity index (χ3n) is 7.67. The predicted octanol–water partition coefficient (Wildman–Crippen LogP) is 8.11. The third kappa shape index (κ3) is 5.86. The maximum atomic E-state index is 2.47. The van der Waals surface area contributed by atoms with Crippen LogP contribution in [-0.4, -0.2) is 0 Å². The molecule has 2 saturated carbocycles. The van der Waals surface area contributed by atoms with E-state index in [1.807, 2.05) is 0 Å². The Kier molecular flexibility index (Phi) is 6.52. The van der Waals surface area contributed by atoms with E-state index in [1.165, 1.54) is 89.9 Å². The Balaban J connectivity index is 1.35. The van der Waals surface area contributed by atoms with E-state index in [-0.39, 0.29) is 0 Å². The Morgan fingerprint density at radius 3 is 1.46 bits per heavy atom. The lowest BCUT2D eigenvalue weighted by molar-refractivity contribution is 0.471. The summed E-state index contributed by atoms with van der Waals surface area (Å²) in [7, 11) is 0. The van der Waals surface area contributed by atoms with Gasteiger partial charge in [-0.1, -0.05) is 51.7 Å². The van der Waals surface area contributed by atoms with Crippen LogP contribution in [0.2, 0.25) is 0 Å². The van der Waals surface area contributed by atoms with Gasteiger partial charge >= 0.3 is 0 Å². The molecule has 0 aromatic heterocycles. The molecule has 0 heteroatoms. The number of aryl methyl sites for hydroxylation is 2. The summed E-state index contributed by atoms with van der Waals surface area (Å²) in [5.74, 6) is 0. The van der Waals surface area contributed by atoms with Gasteiger partial charge in [-0.15, -0.1) is 0 Å². The molecule has 0 N–H and O–H groups in total. The molecule has 0 saturated heterocycles. The van der Waals surface area contributed by atoms with Crippen LogP contribution in [-0.2, 0) is 12.8 Å². The van der Waals surface area contributed by atoms with Crippen LogP contribution in [0.3, 0.4) is 0 Å². The van der Waals surface area contributed by atoms with E-state index >= 15 is 0 Å². The molecule has 2 aliphatic rings. The molecule has 0 aliphatic heterocycles. The van der Waals surface area contributed by atoms with Crippen molar-refractivity contribution >= 4 is 0 Å². The van der Waals surface area contributed by atoms with Crippen LogP contribution in [0.1, 0.15) is 113 Å². The van der Waals surface area contributed by atoms with Crippen molar-refractivity contribution in [3.05, 3.63) is 34.4 Å². The summed E-state index contributed by atoms with van der Waals surface area (Å²) in [6.07, 6.45) is 19.8. The van der Waals surface area contributed by atoms with Gasteiger partial charge in [-0.05, 0) is 111 Å². The SMILES string of the molecule is Cc1c(CCCCCCC2(C)CC2)ccc(CCCCC2(C)CC2)c1C. The standard InChI is InChI=1S/C26H42/c1-21-22(2)24(12-8-10-16-26(4)19-20-26)14-13-23(21)11-7-5-6-9-15-25(3)17-18-25/h13-14H,5-12,15-20H2,1-4H3. The summed E-state index contributed by atoms with van der Waals surface area (Å²) in [6, 6.07) is 4.87. The minimum atomic E-state index is 0.727. The topological polar surface area (TPSA) is 0 Å². The van der Waals surface area contributed by atoms with Crippen molar-refractivity contribution in [3.63, 3.8) is 0 Å². The Labute approximate surface area is 163 Å². The van der Waals surface area contributed by atoms with Crippen LogP contribution < -0.4 is 0 Å². The fraction of sp³-hybridized carbons (Fsp3) is 0.769. The van der Waals surface area contributed by atoms with Crippen LogP contribution in [0.25, 0.3) is 0 Å². The molecule has 0 unspecified atom stereocenters. The predicted molar refractivity (Wildman–Crippen MR) is 115 cm³/mol. The molecule has 0 bridgehead atoms. The van der Waals surface area contributed by atoms with E-state index < -0.39 is 0 Å². The first kappa shape index (κ1) is 20.0. The minimum absolute atomic E-state index is 0.727.